The van der Waals surface area contributed by atoms with Gasteiger partial charge in [-0.3, -0.25) is 0 Å². The third kappa shape index (κ3) is 6.39. The second kappa shape index (κ2) is 8.25. The van der Waals surface area contributed by atoms with Gasteiger partial charge in [0.25, 0.3) is 0 Å². The molecule has 0 spiro atoms. The van der Waals surface area contributed by atoms with E-state index in [-0.39, 0.29) is 0 Å². The van der Waals surface area contributed by atoms with E-state index in [0.29, 0.717) is 5.54 Å². The molecule has 1 unspecified atom stereocenters. The van der Waals surface area contributed by atoms with E-state index in [1.54, 1.807) is 7.11 Å². The van der Waals surface area contributed by atoms with Crippen molar-refractivity contribution in [3.8, 4) is 0 Å². The Kier molecular flexibility index (Phi) is 8.20. The second-order valence-electron chi connectivity index (χ2n) is 4.33. The standard InChI is InChI=1S/C12H27NO/c1-5-7-9-12(3,8-6-2)13-10-11-14-4/h13H,5-11H2,1-4H3. The Morgan fingerprint density at radius 3 is 2.36 bits per heavy atom. The Bertz CT molecular complexity index is 127. The van der Waals surface area contributed by atoms with Crippen LogP contribution >= 0.6 is 0 Å². The number of rotatable bonds is 9. The number of ether oxygens (including phenoxy) is 1. The molecule has 86 valence electrons. The summed E-state index contributed by atoms with van der Waals surface area (Å²) in [5.41, 5.74) is 0.323. The van der Waals surface area contributed by atoms with Crippen molar-refractivity contribution in [3.05, 3.63) is 0 Å². The Morgan fingerprint density at radius 1 is 1.14 bits per heavy atom. The molecule has 0 aliphatic carbocycles. The number of nitrogens with one attached hydrogen (secondary N) is 1. The Morgan fingerprint density at radius 2 is 1.86 bits per heavy atom. The maximum Gasteiger partial charge on any atom is 0.0587 e. The van der Waals surface area contributed by atoms with Crippen molar-refractivity contribution in [3.63, 3.8) is 0 Å². The van der Waals surface area contributed by atoms with E-state index in [2.05, 4.69) is 26.1 Å². The summed E-state index contributed by atoms with van der Waals surface area (Å²) < 4.78 is 5.06. The molecule has 0 aromatic rings. The van der Waals surface area contributed by atoms with Crippen LogP contribution in [0.15, 0.2) is 0 Å². The van der Waals surface area contributed by atoms with Gasteiger partial charge in [-0.2, -0.15) is 0 Å². The van der Waals surface area contributed by atoms with Gasteiger partial charge in [0.1, 0.15) is 0 Å². The van der Waals surface area contributed by atoms with E-state index in [9.17, 15) is 0 Å². The van der Waals surface area contributed by atoms with E-state index in [1.165, 1.54) is 32.1 Å². The molecule has 1 atom stereocenters. The first-order valence-electron chi connectivity index (χ1n) is 5.92. The Labute approximate surface area is 89.4 Å². The Balaban J connectivity index is 3.82. The van der Waals surface area contributed by atoms with Crippen molar-refractivity contribution < 1.29 is 4.74 Å². The van der Waals surface area contributed by atoms with E-state index in [4.69, 9.17) is 4.74 Å². The number of methoxy groups -OCH3 is 1. The molecule has 2 nitrogen and oxygen atoms in total. The molecule has 14 heavy (non-hydrogen) atoms. The zero-order chi connectivity index (χ0) is 10.9. The SMILES string of the molecule is CCCCC(C)(CCC)NCCOC. The van der Waals surface area contributed by atoms with Gasteiger partial charge in [-0.15, -0.1) is 0 Å². The molecule has 0 heterocycles. The summed E-state index contributed by atoms with van der Waals surface area (Å²) >= 11 is 0. The normalized spacial score (nSPS) is 15.4. The van der Waals surface area contributed by atoms with Gasteiger partial charge in [0.2, 0.25) is 0 Å². The average molecular weight is 201 g/mol. The molecule has 0 bridgehead atoms. The van der Waals surface area contributed by atoms with Crippen LogP contribution in [0.4, 0.5) is 0 Å². The number of hydrogen-bond acceptors (Lipinski definition) is 2. The fraction of sp³-hybridized carbons (Fsp3) is 1.00. The first-order valence-corrected chi connectivity index (χ1v) is 5.92. The highest BCUT2D eigenvalue weighted by Crippen LogP contribution is 2.19. The van der Waals surface area contributed by atoms with Crippen LogP contribution in [0, 0.1) is 0 Å². The molecule has 0 rings (SSSR count). The minimum Gasteiger partial charge on any atom is -0.383 e. The third-order valence-corrected chi connectivity index (χ3v) is 2.74. The highest BCUT2D eigenvalue weighted by Gasteiger charge is 2.20. The van der Waals surface area contributed by atoms with Crippen LogP contribution in [0.5, 0.6) is 0 Å². The van der Waals surface area contributed by atoms with Crippen LogP contribution in [0.25, 0.3) is 0 Å². The van der Waals surface area contributed by atoms with E-state index < -0.39 is 0 Å². The molecule has 0 aromatic carbocycles. The highest BCUT2D eigenvalue weighted by atomic mass is 16.5. The molecule has 1 N–H and O–H groups in total. The average Bonchev–Trinajstić information content (AvgIpc) is 2.16. The first kappa shape index (κ1) is 13.9. The first-order chi connectivity index (χ1) is 6.68. The van der Waals surface area contributed by atoms with Crippen molar-refractivity contribution in [1.82, 2.24) is 5.32 Å². The van der Waals surface area contributed by atoms with Crippen molar-refractivity contribution >= 4 is 0 Å². The zero-order valence-electron chi connectivity index (χ0n) is 10.4. The number of hydrogen-bond donors (Lipinski definition) is 1. The van der Waals surface area contributed by atoms with Gasteiger partial charge in [0.15, 0.2) is 0 Å². The summed E-state index contributed by atoms with van der Waals surface area (Å²) in [4.78, 5) is 0. The van der Waals surface area contributed by atoms with E-state index in [0.717, 1.165) is 13.2 Å². The Hall–Kier alpha value is -0.0800. The van der Waals surface area contributed by atoms with Gasteiger partial charge in [-0.25, -0.2) is 0 Å². The predicted octanol–water partition coefficient (Wildman–Crippen LogP) is 2.97. The van der Waals surface area contributed by atoms with Crippen molar-refractivity contribution in [2.75, 3.05) is 20.3 Å². The van der Waals surface area contributed by atoms with Crippen LogP contribution in [0.2, 0.25) is 0 Å². The number of unbranched alkanes of at least 4 members (excludes halogenated alkanes) is 1. The minimum atomic E-state index is 0.323. The zero-order valence-corrected chi connectivity index (χ0v) is 10.4. The van der Waals surface area contributed by atoms with Crippen LogP contribution in [-0.4, -0.2) is 25.8 Å². The van der Waals surface area contributed by atoms with Crippen molar-refractivity contribution in [2.24, 2.45) is 0 Å². The molecule has 0 amide bonds. The lowest BCUT2D eigenvalue weighted by Crippen LogP contribution is -2.43. The van der Waals surface area contributed by atoms with Crippen molar-refractivity contribution in [1.29, 1.82) is 0 Å². The summed E-state index contributed by atoms with van der Waals surface area (Å²) in [6.07, 6.45) is 6.39. The molecular formula is C12H27NO. The largest absolute Gasteiger partial charge is 0.383 e. The van der Waals surface area contributed by atoms with Crippen LogP contribution < -0.4 is 5.32 Å². The molecule has 2 heteroatoms. The summed E-state index contributed by atoms with van der Waals surface area (Å²) in [5.74, 6) is 0. The predicted molar refractivity (Wildman–Crippen MR) is 62.7 cm³/mol. The smallest absolute Gasteiger partial charge is 0.0587 e. The quantitative estimate of drug-likeness (QED) is 0.579. The van der Waals surface area contributed by atoms with Crippen LogP contribution in [-0.2, 0) is 4.74 Å². The fourth-order valence-corrected chi connectivity index (χ4v) is 1.88. The van der Waals surface area contributed by atoms with Gasteiger partial charge in [0, 0.05) is 19.2 Å². The molecule has 0 saturated carbocycles. The molecular weight excluding hydrogens is 174 g/mol. The van der Waals surface area contributed by atoms with Crippen molar-refractivity contribution in [2.45, 2.75) is 58.4 Å². The summed E-state index contributed by atoms with van der Waals surface area (Å²) in [7, 11) is 1.75. The summed E-state index contributed by atoms with van der Waals surface area (Å²) in [6.45, 7) is 8.62. The lowest BCUT2D eigenvalue weighted by atomic mass is 9.90. The molecule has 0 saturated heterocycles. The molecule has 0 fully saturated rings. The van der Waals surface area contributed by atoms with Gasteiger partial charge in [0.05, 0.1) is 6.61 Å². The molecule has 0 aliphatic rings. The van der Waals surface area contributed by atoms with Gasteiger partial charge in [-0.1, -0.05) is 33.1 Å². The van der Waals surface area contributed by atoms with Crippen LogP contribution in [0.1, 0.15) is 52.9 Å². The lowest BCUT2D eigenvalue weighted by molar-refractivity contribution is 0.180. The lowest BCUT2D eigenvalue weighted by Gasteiger charge is -2.31. The second-order valence-corrected chi connectivity index (χ2v) is 4.33. The highest BCUT2D eigenvalue weighted by molar-refractivity contribution is 4.82. The van der Waals surface area contributed by atoms with E-state index in [1.807, 2.05) is 0 Å². The molecule has 0 radical (unpaired) electrons. The van der Waals surface area contributed by atoms with Gasteiger partial charge in [-0.05, 0) is 19.8 Å². The fourth-order valence-electron chi connectivity index (χ4n) is 1.88. The summed E-state index contributed by atoms with van der Waals surface area (Å²) in [5, 5.41) is 3.61. The maximum absolute atomic E-state index is 5.06. The van der Waals surface area contributed by atoms with E-state index >= 15 is 0 Å². The maximum atomic E-state index is 5.06. The minimum absolute atomic E-state index is 0.323. The van der Waals surface area contributed by atoms with Gasteiger partial charge < -0.3 is 10.1 Å². The van der Waals surface area contributed by atoms with Gasteiger partial charge >= 0.3 is 0 Å². The molecule has 0 aromatic heterocycles. The monoisotopic (exact) mass is 201 g/mol. The summed E-state index contributed by atoms with van der Waals surface area (Å²) in [6, 6.07) is 0. The molecule has 0 aliphatic heterocycles. The van der Waals surface area contributed by atoms with Crippen LogP contribution in [0.3, 0.4) is 0 Å². The topological polar surface area (TPSA) is 21.3 Å². The third-order valence-electron chi connectivity index (χ3n) is 2.74.